The molecule has 7 nitrogen and oxygen atoms in total. The van der Waals surface area contributed by atoms with Crippen molar-refractivity contribution in [3.8, 4) is 22.1 Å². The number of methoxy groups -OCH3 is 1. The summed E-state index contributed by atoms with van der Waals surface area (Å²) in [6, 6.07) is 10.5. The minimum atomic E-state index is -2.96. The molecule has 4 rings (SSSR count). The number of nitrogens with one attached hydrogen (secondary N) is 1. The molecule has 0 fully saturated rings. The van der Waals surface area contributed by atoms with E-state index in [1.54, 1.807) is 41.3 Å². The number of ether oxygens (including phenoxy) is 2. The van der Waals surface area contributed by atoms with Crippen molar-refractivity contribution in [2.45, 2.75) is 20.0 Å². The normalized spacial score (nSPS) is 11.2. The molecular formula is C23H22F2N4O3S. The Morgan fingerprint density at radius 1 is 1.24 bits per heavy atom. The molecule has 1 aromatic carbocycles. The summed E-state index contributed by atoms with van der Waals surface area (Å²) < 4.78 is 36.6. The Labute approximate surface area is 193 Å². The summed E-state index contributed by atoms with van der Waals surface area (Å²) in [5.41, 5.74) is 3.27. The lowest BCUT2D eigenvalue weighted by Gasteiger charge is -2.12. The molecule has 33 heavy (non-hydrogen) atoms. The van der Waals surface area contributed by atoms with Gasteiger partial charge in [-0.25, -0.2) is 4.98 Å². The number of fused-ring (bicyclic) bond motifs is 1. The molecule has 0 unspecified atom stereocenters. The number of aromatic nitrogens is 3. The SMILES string of the molecule is COc1ccc(CCNC(=O)c2cc(-c3cccs3)nc3c2c(C)nn3C)cc1OC(F)F. The van der Waals surface area contributed by atoms with Crippen LogP contribution in [0.15, 0.2) is 41.8 Å². The average Bonchev–Trinajstić information content (AvgIpc) is 3.41. The lowest BCUT2D eigenvalue weighted by atomic mass is 10.1. The number of thiophene rings is 1. The molecule has 0 saturated carbocycles. The number of carbonyl (C=O) groups is 1. The van der Waals surface area contributed by atoms with E-state index in [-0.39, 0.29) is 17.4 Å². The monoisotopic (exact) mass is 472 g/mol. The topological polar surface area (TPSA) is 78.3 Å². The van der Waals surface area contributed by atoms with E-state index in [2.05, 4.69) is 15.2 Å². The Bertz CT molecular complexity index is 1290. The van der Waals surface area contributed by atoms with Gasteiger partial charge in [0.25, 0.3) is 5.91 Å². The van der Waals surface area contributed by atoms with Crippen molar-refractivity contribution in [2.75, 3.05) is 13.7 Å². The van der Waals surface area contributed by atoms with Gasteiger partial charge in [0.15, 0.2) is 17.1 Å². The lowest BCUT2D eigenvalue weighted by Crippen LogP contribution is -2.26. The molecule has 1 amide bonds. The number of hydrogen-bond donors (Lipinski definition) is 1. The summed E-state index contributed by atoms with van der Waals surface area (Å²) in [5.74, 6) is -0.0805. The Hall–Kier alpha value is -3.53. The zero-order chi connectivity index (χ0) is 23.5. The molecular weight excluding hydrogens is 450 g/mol. The Morgan fingerprint density at radius 3 is 2.76 bits per heavy atom. The Kier molecular flexibility index (Phi) is 6.55. The molecule has 3 aromatic heterocycles. The summed E-state index contributed by atoms with van der Waals surface area (Å²) in [4.78, 5) is 18.8. The maximum absolute atomic E-state index is 13.1. The van der Waals surface area contributed by atoms with Gasteiger partial charge in [-0.1, -0.05) is 12.1 Å². The van der Waals surface area contributed by atoms with Gasteiger partial charge in [-0.15, -0.1) is 11.3 Å². The number of benzene rings is 1. The van der Waals surface area contributed by atoms with Crippen LogP contribution in [0.1, 0.15) is 21.6 Å². The number of carbonyl (C=O) groups excluding carboxylic acids is 1. The van der Waals surface area contributed by atoms with Gasteiger partial charge in [-0.2, -0.15) is 13.9 Å². The number of nitrogens with zero attached hydrogens (tertiary/aromatic N) is 3. The predicted octanol–water partition coefficient (Wildman–Crippen LogP) is 4.59. The summed E-state index contributed by atoms with van der Waals surface area (Å²) in [5, 5.41) is 10.00. The molecule has 0 aliphatic heterocycles. The number of pyridine rings is 1. The van der Waals surface area contributed by atoms with Crippen LogP contribution >= 0.6 is 11.3 Å². The Balaban J connectivity index is 1.55. The van der Waals surface area contributed by atoms with Crippen LogP contribution < -0.4 is 14.8 Å². The number of aryl methyl sites for hydroxylation is 2. The van der Waals surface area contributed by atoms with E-state index < -0.39 is 6.61 Å². The smallest absolute Gasteiger partial charge is 0.387 e. The first kappa shape index (κ1) is 22.7. The van der Waals surface area contributed by atoms with Crippen molar-refractivity contribution in [2.24, 2.45) is 7.05 Å². The standard InChI is InChI=1S/C23H22F2N4O3S/c1-13-20-15(12-16(19-5-4-10-33-19)27-21(20)29(2)28-13)22(30)26-9-8-14-6-7-17(31-3)18(11-14)32-23(24)25/h4-7,10-12,23H,8-9H2,1-3H3,(H,26,30). The van der Waals surface area contributed by atoms with Gasteiger partial charge in [-0.3, -0.25) is 9.48 Å². The third kappa shape index (κ3) is 4.80. The van der Waals surface area contributed by atoms with Crippen molar-refractivity contribution in [1.82, 2.24) is 20.1 Å². The summed E-state index contributed by atoms with van der Waals surface area (Å²) in [6.45, 7) is -0.812. The molecule has 1 N–H and O–H groups in total. The van der Waals surface area contributed by atoms with Crippen LogP contribution in [-0.2, 0) is 13.5 Å². The molecule has 0 atom stereocenters. The van der Waals surface area contributed by atoms with Crippen molar-refractivity contribution < 1.29 is 23.0 Å². The van der Waals surface area contributed by atoms with Crippen molar-refractivity contribution in [3.05, 3.63) is 58.6 Å². The zero-order valence-electron chi connectivity index (χ0n) is 18.3. The van der Waals surface area contributed by atoms with Crippen LogP contribution in [0.25, 0.3) is 21.6 Å². The quantitative estimate of drug-likeness (QED) is 0.406. The fourth-order valence-electron chi connectivity index (χ4n) is 3.65. The second-order valence-electron chi connectivity index (χ2n) is 7.31. The van der Waals surface area contributed by atoms with E-state index >= 15 is 0 Å². The molecule has 3 heterocycles. The van der Waals surface area contributed by atoms with Gasteiger partial charge in [-0.05, 0) is 48.6 Å². The van der Waals surface area contributed by atoms with Crippen LogP contribution in [0.5, 0.6) is 11.5 Å². The number of amides is 1. The van der Waals surface area contributed by atoms with Gasteiger partial charge in [0.2, 0.25) is 0 Å². The molecule has 4 aromatic rings. The molecule has 0 radical (unpaired) electrons. The third-order valence-corrected chi connectivity index (χ3v) is 6.02. The second-order valence-corrected chi connectivity index (χ2v) is 8.26. The first-order valence-electron chi connectivity index (χ1n) is 10.2. The van der Waals surface area contributed by atoms with Gasteiger partial charge < -0.3 is 14.8 Å². The molecule has 0 aliphatic rings. The van der Waals surface area contributed by atoms with Crippen LogP contribution in [0.3, 0.4) is 0 Å². The van der Waals surface area contributed by atoms with E-state index in [0.717, 1.165) is 10.4 Å². The average molecular weight is 473 g/mol. The summed E-state index contributed by atoms with van der Waals surface area (Å²) >= 11 is 1.54. The maximum atomic E-state index is 13.1. The van der Waals surface area contributed by atoms with Crippen molar-refractivity contribution in [1.29, 1.82) is 0 Å². The zero-order valence-corrected chi connectivity index (χ0v) is 19.1. The number of rotatable bonds is 8. The molecule has 0 saturated heterocycles. The number of hydrogen-bond acceptors (Lipinski definition) is 6. The first-order chi connectivity index (χ1) is 15.9. The van der Waals surface area contributed by atoms with Gasteiger partial charge >= 0.3 is 6.61 Å². The van der Waals surface area contributed by atoms with E-state index in [4.69, 9.17) is 9.72 Å². The lowest BCUT2D eigenvalue weighted by molar-refractivity contribution is -0.0512. The Morgan fingerprint density at radius 2 is 2.06 bits per heavy atom. The fourth-order valence-corrected chi connectivity index (χ4v) is 4.34. The van der Waals surface area contributed by atoms with Crippen LogP contribution in [0, 0.1) is 6.92 Å². The van der Waals surface area contributed by atoms with E-state index in [0.29, 0.717) is 41.0 Å². The molecule has 0 bridgehead atoms. The van der Waals surface area contributed by atoms with Crippen LogP contribution in [0.4, 0.5) is 8.78 Å². The second kappa shape index (κ2) is 9.53. The maximum Gasteiger partial charge on any atom is 0.387 e. The van der Waals surface area contributed by atoms with E-state index in [1.807, 2.05) is 24.4 Å². The highest BCUT2D eigenvalue weighted by molar-refractivity contribution is 7.13. The summed E-state index contributed by atoms with van der Waals surface area (Å²) in [6.07, 6.45) is 0.424. The van der Waals surface area contributed by atoms with E-state index in [9.17, 15) is 13.6 Å². The van der Waals surface area contributed by atoms with Gasteiger partial charge in [0, 0.05) is 13.6 Å². The first-order valence-corrected chi connectivity index (χ1v) is 11.0. The van der Waals surface area contributed by atoms with Gasteiger partial charge in [0.05, 0.1) is 34.3 Å². The fraction of sp³-hybridized carbons (Fsp3) is 0.261. The van der Waals surface area contributed by atoms with Crippen LogP contribution in [-0.4, -0.2) is 40.9 Å². The molecule has 0 aliphatic carbocycles. The van der Waals surface area contributed by atoms with Crippen molar-refractivity contribution >= 4 is 28.3 Å². The number of alkyl halides is 2. The van der Waals surface area contributed by atoms with Crippen LogP contribution in [0.2, 0.25) is 0 Å². The van der Waals surface area contributed by atoms with Gasteiger partial charge in [0.1, 0.15) is 0 Å². The number of halogens is 2. The molecule has 0 spiro atoms. The van der Waals surface area contributed by atoms with Crippen molar-refractivity contribution in [3.63, 3.8) is 0 Å². The highest BCUT2D eigenvalue weighted by Gasteiger charge is 2.19. The highest BCUT2D eigenvalue weighted by atomic mass is 32.1. The molecule has 172 valence electrons. The minimum absolute atomic E-state index is 0.0428. The molecule has 10 heteroatoms. The largest absolute Gasteiger partial charge is 0.493 e. The minimum Gasteiger partial charge on any atom is -0.493 e. The van der Waals surface area contributed by atoms with E-state index in [1.165, 1.54) is 13.2 Å². The summed E-state index contributed by atoms with van der Waals surface area (Å²) in [7, 11) is 3.18. The highest BCUT2D eigenvalue weighted by Crippen LogP contribution is 2.30. The third-order valence-electron chi connectivity index (χ3n) is 5.13. The predicted molar refractivity (Wildman–Crippen MR) is 122 cm³/mol.